The third-order valence-corrected chi connectivity index (χ3v) is 3.87. The van der Waals surface area contributed by atoms with E-state index in [-0.39, 0.29) is 0 Å². The summed E-state index contributed by atoms with van der Waals surface area (Å²) in [6.07, 6.45) is 2.33. The highest BCUT2D eigenvalue weighted by molar-refractivity contribution is 5.37. The molecule has 1 fully saturated rings. The quantitative estimate of drug-likeness (QED) is 0.767. The number of aryl methyl sites for hydroxylation is 1. The summed E-state index contributed by atoms with van der Waals surface area (Å²) in [6.45, 7) is 6.01. The highest BCUT2D eigenvalue weighted by Gasteiger charge is 2.10. The maximum Gasteiger partial charge on any atom is 0.123 e. The van der Waals surface area contributed by atoms with Crippen LogP contribution in [-0.4, -0.2) is 63.9 Å². The van der Waals surface area contributed by atoms with Crippen LogP contribution in [0.25, 0.3) is 0 Å². The predicted molar refractivity (Wildman–Crippen MR) is 86.0 cm³/mol. The predicted octanol–water partition coefficient (Wildman–Crippen LogP) is 2.02. The van der Waals surface area contributed by atoms with Crippen molar-refractivity contribution in [2.45, 2.75) is 19.4 Å². The normalized spacial score (nSPS) is 16.4. The Morgan fingerprint density at radius 1 is 1.24 bits per heavy atom. The van der Waals surface area contributed by atoms with E-state index in [1.54, 1.807) is 7.11 Å². The molecule has 0 aromatic heterocycles. The van der Waals surface area contributed by atoms with Crippen LogP contribution in [0.3, 0.4) is 0 Å². The van der Waals surface area contributed by atoms with E-state index in [0.717, 1.165) is 45.0 Å². The topological polar surface area (TPSA) is 24.9 Å². The molecule has 0 amide bonds. The zero-order valence-corrected chi connectivity index (χ0v) is 13.6. The molecule has 0 radical (unpaired) electrons. The average Bonchev–Trinajstić information content (AvgIpc) is 2.48. The van der Waals surface area contributed by atoms with E-state index in [4.69, 9.17) is 9.47 Å². The van der Waals surface area contributed by atoms with Gasteiger partial charge in [-0.15, -0.1) is 0 Å². The Morgan fingerprint density at radius 2 is 2.00 bits per heavy atom. The van der Waals surface area contributed by atoms with Crippen LogP contribution in [0.1, 0.15) is 17.5 Å². The molecule has 1 aromatic rings. The number of rotatable bonds is 7. The fourth-order valence-corrected chi connectivity index (χ4v) is 2.78. The summed E-state index contributed by atoms with van der Waals surface area (Å²) in [4.78, 5) is 4.67. The van der Waals surface area contributed by atoms with E-state index >= 15 is 0 Å². The molecule has 0 spiro atoms. The van der Waals surface area contributed by atoms with Gasteiger partial charge in [0.1, 0.15) is 5.75 Å². The van der Waals surface area contributed by atoms with Crippen LogP contribution in [0.5, 0.6) is 5.75 Å². The number of morpholine rings is 1. The SMILES string of the molecule is COc1ccc(CCCN2CCOCC2)cc1CN(C)C. The zero-order valence-electron chi connectivity index (χ0n) is 13.6. The van der Waals surface area contributed by atoms with Gasteiger partial charge in [0.2, 0.25) is 0 Å². The minimum atomic E-state index is 0.884. The van der Waals surface area contributed by atoms with Gasteiger partial charge in [0, 0.05) is 25.2 Å². The molecule has 118 valence electrons. The van der Waals surface area contributed by atoms with Gasteiger partial charge >= 0.3 is 0 Å². The highest BCUT2D eigenvalue weighted by atomic mass is 16.5. The lowest BCUT2D eigenvalue weighted by Crippen LogP contribution is -2.36. The van der Waals surface area contributed by atoms with Crippen LogP contribution in [-0.2, 0) is 17.7 Å². The molecule has 1 saturated heterocycles. The molecule has 0 unspecified atom stereocenters. The summed E-state index contributed by atoms with van der Waals surface area (Å²) in [5, 5.41) is 0. The second-order valence-electron chi connectivity index (χ2n) is 5.94. The fraction of sp³-hybridized carbons (Fsp3) is 0.647. The van der Waals surface area contributed by atoms with Crippen molar-refractivity contribution in [1.29, 1.82) is 0 Å². The number of benzene rings is 1. The minimum Gasteiger partial charge on any atom is -0.496 e. The molecule has 21 heavy (non-hydrogen) atoms. The molecule has 4 nitrogen and oxygen atoms in total. The molecule has 0 aliphatic carbocycles. The third-order valence-electron chi connectivity index (χ3n) is 3.87. The third kappa shape index (κ3) is 5.30. The van der Waals surface area contributed by atoms with Crippen LogP contribution in [0.2, 0.25) is 0 Å². The lowest BCUT2D eigenvalue weighted by Gasteiger charge is -2.26. The molecule has 1 heterocycles. The maximum absolute atomic E-state index is 5.45. The van der Waals surface area contributed by atoms with Gasteiger partial charge in [-0.2, -0.15) is 0 Å². The van der Waals surface area contributed by atoms with Gasteiger partial charge in [-0.05, 0) is 45.1 Å². The van der Waals surface area contributed by atoms with E-state index in [0.29, 0.717) is 0 Å². The Morgan fingerprint density at radius 3 is 2.67 bits per heavy atom. The van der Waals surface area contributed by atoms with Crippen molar-refractivity contribution in [2.24, 2.45) is 0 Å². The van der Waals surface area contributed by atoms with Crippen LogP contribution >= 0.6 is 0 Å². The standard InChI is InChI=1S/C17H28N2O2/c1-18(2)14-16-13-15(6-7-17(16)20-3)5-4-8-19-9-11-21-12-10-19/h6-7,13H,4-5,8-12,14H2,1-3H3. The van der Waals surface area contributed by atoms with Crippen LogP contribution in [0, 0.1) is 0 Å². The average molecular weight is 292 g/mol. The van der Waals surface area contributed by atoms with Crippen molar-refractivity contribution in [1.82, 2.24) is 9.80 Å². The van der Waals surface area contributed by atoms with Crippen LogP contribution in [0.15, 0.2) is 18.2 Å². The second-order valence-corrected chi connectivity index (χ2v) is 5.94. The summed E-state index contributed by atoms with van der Waals surface area (Å²) < 4.78 is 10.8. The number of hydrogen-bond acceptors (Lipinski definition) is 4. The highest BCUT2D eigenvalue weighted by Crippen LogP contribution is 2.21. The smallest absolute Gasteiger partial charge is 0.123 e. The number of ether oxygens (including phenoxy) is 2. The molecule has 0 atom stereocenters. The molecule has 0 N–H and O–H groups in total. The summed E-state index contributed by atoms with van der Waals surface area (Å²) in [6, 6.07) is 6.58. The fourth-order valence-electron chi connectivity index (χ4n) is 2.78. The number of methoxy groups -OCH3 is 1. The van der Waals surface area contributed by atoms with Crippen molar-refractivity contribution in [2.75, 3.05) is 54.1 Å². The molecule has 0 saturated carbocycles. The van der Waals surface area contributed by atoms with E-state index in [2.05, 4.69) is 42.1 Å². The summed E-state index contributed by atoms with van der Waals surface area (Å²) in [5.41, 5.74) is 2.67. The van der Waals surface area contributed by atoms with E-state index in [9.17, 15) is 0 Å². The van der Waals surface area contributed by atoms with Crippen molar-refractivity contribution in [3.8, 4) is 5.75 Å². The first-order valence-corrected chi connectivity index (χ1v) is 7.79. The van der Waals surface area contributed by atoms with Gasteiger partial charge < -0.3 is 14.4 Å². The Kier molecular flexibility index (Phi) is 6.49. The van der Waals surface area contributed by atoms with Gasteiger partial charge in [0.25, 0.3) is 0 Å². The molecule has 1 aliphatic heterocycles. The van der Waals surface area contributed by atoms with Crippen LogP contribution < -0.4 is 4.74 Å². The van der Waals surface area contributed by atoms with Gasteiger partial charge in [0.15, 0.2) is 0 Å². The molecule has 0 bridgehead atoms. The largest absolute Gasteiger partial charge is 0.496 e. The molecule has 4 heteroatoms. The lowest BCUT2D eigenvalue weighted by molar-refractivity contribution is 0.0374. The Labute approximate surface area is 128 Å². The molecular weight excluding hydrogens is 264 g/mol. The summed E-state index contributed by atoms with van der Waals surface area (Å²) in [7, 11) is 5.92. The van der Waals surface area contributed by atoms with Gasteiger partial charge in [-0.1, -0.05) is 12.1 Å². The summed E-state index contributed by atoms with van der Waals surface area (Å²) >= 11 is 0. The molecule has 1 aromatic carbocycles. The zero-order chi connectivity index (χ0) is 15.1. The lowest BCUT2D eigenvalue weighted by atomic mass is 10.0. The Bertz CT molecular complexity index is 429. The Balaban J connectivity index is 1.87. The van der Waals surface area contributed by atoms with Crippen LogP contribution in [0.4, 0.5) is 0 Å². The molecule has 1 aliphatic rings. The van der Waals surface area contributed by atoms with Gasteiger partial charge in [0.05, 0.1) is 20.3 Å². The number of nitrogens with zero attached hydrogens (tertiary/aromatic N) is 2. The van der Waals surface area contributed by atoms with E-state index in [1.807, 2.05) is 0 Å². The van der Waals surface area contributed by atoms with Gasteiger partial charge in [-0.3, -0.25) is 4.90 Å². The van der Waals surface area contributed by atoms with E-state index < -0.39 is 0 Å². The van der Waals surface area contributed by atoms with E-state index in [1.165, 1.54) is 24.1 Å². The minimum absolute atomic E-state index is 0.884. The van der Waals surface area contributed by atoms with Gasteiger partial charge in [-0.25, -0.2) is 0 Å². The van der Waals surface area contributed by atoms with Crippen molar-refractivity contribution >= 4 is 0 Å². The Hall–Kier alpha value is -1.10. The number of hydrogen-bond donors (Lipinski definition) is 0. The maximum atomic E-state index is 5.45. The molecule has 2 rings (SSSR count). The first-order valence-electron chi connectivity index (χ1n) is 7.79. The van der Waals surface area contributed by atoms with Crippen molar-refractivity contribution < 1.29 is 9.47 Å². The monoisotopic (exact) mass is 292 g/mol. The first kappa shape index (κ1) is 16.3. The van der Waals surface area contributed by atoms with Crippen molar-refractivity contribution in [3.05, 3.63) is 29.3 Å². The first-order chi connectivity index (χ1) is 10.2. The molecular formula is C17H28N2O2. The summed E-state index contributed by atoms with van der Waals surface area (Å²) in [5.74, 6) is 0.987. The second kappa shape index (κ2) is 8.37. The van der Waals surface area contributed by atoms with Crippen molar-refractivity contribution in [3.63, 3.8) is 0 Å².